The number of carbonyl (C=O) groups is 1. The zero-order valence-electron chi connectivity index (χ0n) is 10.9. The number of likely N-dealkylation sites (tertiary alicyclic amines) is 1. The Labute approximate surface area is 103 Å². The van der Waals surface area contributed by atoms with Crippen LogP contribution in [0.4, 0.5) is 0 Å². The standard InChI is InChI=1S/C14H23NO2/c1-10-7-11(2)9-12(8-10)13(14(16)17)15-5-3-4-6-15/h7,10,12-13H,3-6,8-9H2,1-2H3,(H,16,17). The molecule has 0 aromatic carbocycles. The van der Waals surface area contributed by atoms with Gasteiger partial charge in [-0.25, -0.2) is 0 Å². The zero-order chi connectivity index (χ0) is 12.4. The van der Waals surface area contributed by atoms with Crippen LogP contribution in [0.1, 0.15) is 39.5 Å². The lowest BCUT2D eigenvalue weighted by atomic mass is 9.79. The summed E-state index contributed by atoms with van der Waals surface area (Å²) in [6.45, 7) is 6.25. The molecule has 1 N–H and O–H groups in total. The van der Waals surface area contributed by atoms with Crippen molar-refractivity contribution in [3.63, 3.8) is 0 Å². The summed E-state index contributed by atoms with van der Waals surface area (Å²) in [4.78, 5) is 13.7. The number of rotatable bonds is 3. The molecule has 3 atom stereocenters. The van der Waals surface area contributed by atoms with Gasteiger partial charge in [0.1, 0.15) is 6.04 Å². The molecule has 0 spiro atoms. The Morgan fingerprint density at radius 1 is 1.47 bits per heavy atom. The van der Waals surface area contributed by atoms with Crippen molar-refractivity contribution >= 4 is 5.97 Å². The van der Waals surface area contributed by atoms with E-state index in [-0.39, 0.29) is 6.04 Å². The van der Waals surface area contributed by atoms with Crippen LogP contribution in [-0.4, -0.2) is 35.1 Å². The highest BCUT2D eigenvalue weighted by molar-refractivity contribution is 5.74. The van der Waals surface area contributed by atoms with Gasteiger partial charge in [-0.05, 0) is 57.5 Å². The maximum atomic E-state index is 11.5. The van der Waals surface area contributed by atoms with Crippen molar-refractivity contribution in [2.45, 2.75) is 45.6 Å². The van der Waals surface area contributed by atoms with E-state index >= 15 is 0 Å². The Bertz CT molecular complexity index is 318. The van der Waals surface area contributed by atoms with E-state index < -0.39 is 5.97 Å². The van der Waals surface area contributed by atoms with Gasteiger partial charge in [0.25, 0.3) is 0 Å². The van der Waals surface area contributed by atoms with Gasteiger partial charge >= 0.3 is 5.97 Å². The Morgan fingerprint density at radius 2 is 2.12 bits per heavy atom. The van der Waals surface area contributed by atoms with Gasteiger partial charge in [0, 0.05) is 0 Å². The molecule has 1 aliphatic heterocycles. The fraction of sp³-hybridized carbons (Fsp3) is 0.786. The number of carboxylic acids is 1. The molecule has 17 heavy (non-hydrogen) atoms. The zero-order valence-corrected chi connectivity index (χ0v) is 10.9. The van der Waals surface area contributed by atoms with Crippen LogP contribution < -0.4 is 0 Å². The van der Waals surface area contributed by atoms with E-state index in [0.29, 0.717) is 11.8 Å². The summed E-state index contributed by atoms with van der Waals surface area (Å²) in [6, 6.07) is -0.261. The number of hydrogen-bond acceptors (Lipinski definition) is 2. The highest BCUT2D eigenvalue weighted by atomic mass is 16.4. The largest absolute Gasteiger partial charge is 0.480 e. The average molecular weight is 237 g/mol. The molecule has 2 rings (SSSR count). The van der Waals surface area contributed by atoms with Gasteiger partial charge in [0.05, 0.1) is 0 Å². The summed E-state index contributed by atoms with van der Waals surface area (Å²) >= 11 is 0. The molecule has 1 saturated heterocycles. The van der Waals surface area contributed by atoms with Gasteiger partial charge in [-0.1, -0.05) is 18.6 Å². The smallest absolute Gasteiger partial charge is 0.321 e. The van der Waals surface area contributed by atoms with Gasteiger partial charge in [-0.15, -0.1) is 0 Å². The Kier molecular flexibility index (Phi) is 3.87. The summed E-state index contributed by atoms with van der Waals surface area (Å²) in [7, 11) is 0. The molecule has 3 nitrogen and oxygen atoms in total. The monoisotopic (exact) mass is 237 g/mol. The number of carboxylic acid groups (broad SMARTS) is 1. The van der Waals surface area contributed by atoms with Crippen molar-refractivity contribution in [3.05, 3.63) is 11.6 Å². The van der Waals surface area contributed by atoms with Gasteiger partial charge < -0.3 is 5.11 Å². The summed E-state index contributed by atoms with van der Waals surface area (Å²) < 4.78 is 0. The van der Waals surface area contributed by atoms with Crippen LogP contribution in [0, 0.1) is 11.8 Å². The molecule has 0 bridgehead atoms. The Hall–Kier alpha value is -0.830. The van der Waals surface area contributed by atoms with Gasteiger partial charge in [-0.3, -0.25) is 9.69 Å². The molecule has 1 heterocycles. The molecular weight excluding hydrogens is 214 g/mol. The van der Waals surface area contributed by atoms with Crippen LogP contribution >= 0.6 is 0 Å². The van der Waals surface area contributed by atoms with E-state index in [9.17, 15) is 9.90 Å². The predicted molar refractivity (Wildman–Crippen MR) is 67.9 cm³/mol. The first-order valence-electron chi connectivity index (χ1n) is 6.72. The maximum absolute atomic E-state index is 11.5. The molecule has 0 saturated carbocycles. The number of nitrogens with zero attached hydrogens (tertiary/aromatic N) is 1. The maximum Gasteiger partial charge on any atom is 0.321 e. The molecule has 0 aromatic rings. The van der Waals surface area contributed by atoms with E-state index in [2.05, 4.69) is 24.8 Å². The lowest BCUT2D eigenvalue weighted by Gasteiger charge is -2.35. The molecule has 0 aromatic heterocycles. The summed E-state index contributed by atoms with van der Waals surface area (Å²) in [5, 5.41) is 9.50. The van der Waals surface area contributed by atoms with Crippen LogP contribution in [0.3, 0.4) is 0 Å². The highest BCUT2D eigenvalue weighted by Gasteiger charge is 2.36. The lowest BCUT2D eigenvalue weighted by Crippen LogP contribution is -2.45. The normalized spacial score (nSPS) is 32.2. The number of aliphatic carboxylic acids is 1. The fourth-order valence-corrected chi connectivity index (χ4v) is 3.51. The van der Waals surface area contributed by atoms with Crippen LogP contribution in [-0.2, 0) is 4.79 Å². The first-order chi connectivity index (χ1) is 8.08. The molecule has 96 valence electrons. The highest BCUT2D eigenvalue weighted by Crippen LogP contribution is 2.33. The lowest BCUT2D eigenvalue weighted by molar-refractivity contribution is -0.145. The molecule has 0 radical (unpaired) electrons. The minimum atomic E-state index is -0.626. The molecular formula is C14H23NO2. The van der Waals surface area contributed by atoms with Crippen LogP contribution in [0.2, 0.25) is 0 Å². The minimum Gasteiger partial charge on any atom is -0.480 e. The molecule has 0 amide bonds. The van der Waals surface area contributed by atoms with E-state index in [1.54, 1.807) is 0 Å². The van der Waals surface area contributed by atoms with Crippen LogP contribution in [0.15, 0.2) is 11.6 Å². The van der Waals surface area contributed by atoms with Crippen LogP contribution in [0.25, 0.3) is 0 Å². The van der Waals surface area contributed by atoms with Crippen molar-refractivity contribution in [3.8, 4) is 0 Å². The second-order valence-corrected chi connectivity index (χ2v) is 5.72. The number of allylic oxidation sites excluding steroid dienone is 2. The minimum absolute atomic E-state index is 0.261. The van der Waals surface area contributed by atoms with Crippen molar-refractivity contribution in [1.29, 1.82) is 0 Å². The summed E-state index contributed by atoms with van der Waals surface area (Å²) in [5.41, 5.74) is 1.36. The SMILES string of the molecule is CC1=CC(C)CC(C(C(=O)O)N2CCCC2)C1. The van der Waals surface area contributed by atoms with Crippen molar-refractivity contribution < 1.29 is 9.90 Å². The number of hydrogen-bond donors (Lipinski definition) is 1. The average Bonchev–Trinajstić information content (AvgIpc) is 2.68. The van der Waals surface area contributed by atoms with Gasteiger partial charge in [-0.2, -0.15) is 0 Å². The van der Waals surface area contributed by atoms with Crippen molar-refractivity contribution in [2.75, 3.05) is 13.1 Å². The molecule has 2 aliphatic rings. The predicted octanol–water partition coefficient (Wildman–Crippen LogP) is 2.53. The van der Waals surface area contributed by atoms with Crippen LogP contribution in [0.5, 0.6) is 0 Å². The third-order valence-corrected chi connectivity index (χ3v) is 4.06. The molecule has 3 heteroatoms. The third-order valence-electron chi connectivity index (χ3n) is 4.06. The first-order valence-corrected chi connectivity index (χ1v) is 6.72. The Balaban J connectivity index is 2.11. The molecule has 1 fully saturated rings. The summed E-state index contributed by atoms with van der Waals surface area (Å²) in [6.07, 6.45) is 6.57. The molecule has 1 aliphatic carbocycles. The van der Waals surface area contributed by atoms with Crippen molar-refractivity contribution in [2.24, 2.45) is 11.8 Å². The topological polar surface area (TPSA) is 40.5 Å². The van der Waals surface area contributed by atoms with E-state index in [4.69, 9.17) is 0 Å². The van der Waals surface area contributed by atoms with E-state index in [1.165, 1.54) is 5.57 Å². The first kappa shape index (κ1) is 12.6. The van der Waals surface area contributed by atoms with Gasteiger partial charge in [0.15, 0.2) is 0 Å². The Morgan fingerprint density at radius 3 is 2.65 bits per heavy atom. The second kappa shape index (κ2) is 5.21. The second-order valence-electron chi connectivity index (χ2n) is 5.72. The van der Waals surface area contributed by atoms with Gasteiger partial charge in [0.2, 0.25) is 0 Å². The quantitative estimate of drug-likeness (QED) is 0.767. The molecule has 3 unspecified atom stereocenters. The van der Waals surface area contributed by atoms with E-state index in [1.807, 2.05) is 0 Å². The van der Waals surface area contributed by atoms with Crippen molar-refractivity contribution in [1.82, 2.24) is 4.90 Å². The van der Waals surface area contributed by atoms with E-state index in [0.717, 1.165) is 38.8 Å². The fourth-order valence-electron chi connectivity index (χ4n) is 3.51. The summed E-state index contributed by atoms with van der Waals surface area (Å²) in [5.74, 6) is 0.197. The third kappa shape index (κ3) is 2.89.